The zero-order valence-corrected chi connectivity index (χ0v) is 17.6. The monoisotopic (exact) mass is 439 g/mol. The molecule has 0 saturated carbocycles. The van der Waals surface area contributed by atoms with Crippen LogP contribution in [-0.2, 0) is 14.8 Å². The molecular formula is C23H22FN3O3S. The lowest BCUT2D eigenvalue weighted by molar-refractivity contribution is -0.125. The van der Waals surface area contributed by atoms with Gasteiger partial charge >= 0.3 is 0 Å². The number of para-hydroxylation sites is 1. The molecule has 31 heavy (non-hydrogen) atoms. The molecule has 0 unspecified atom stereocenters. The number of pyridine rings is 1. The Morgan fingerprint density at radius 1 is 0.968 bits per heavy atom. The highest BCUT2D eigenvalue weighted by atomic mass is 32.2. The highest BCUT2D eigenvalue weighted by Gasteiger charge is 2.27. The summed E-state index contributed by atoms with van der Waals surface area (Å²) in [5.74, 6) is -0.659. The number of carbonyl (C=O) groups excluding carboxylic acids is 1. The second-order valence-corrected chi connectivity index (χ2v) is 9.23. The zero-order chi connectivity index (χ0) is 21.8. The van der Waals surface area contributed by atoms with Gasteiger partial charge in [0.15, 0.2) is 0 Å². The van der Waals surface area contributed by atoms with Crippen molar-refractivity contribution in [2.24, 2.45) is 0 Å². The van der Waals surface area contributed by atoms with Crippen molar-refractivity contribution in [1.82, 2.24) is 14.2 Å². The Bertz CT molecular complexity index is 1220. The lowest BCUT2D eigenvalue weighted by atomic mass is 10.1. The predicted molar refractivity (Wildman–Crippen MR) is 117 cm³/mol. The number of halogens is 1. The third-order valence-corrected chi connectivity index (χ3v) is 7.20. The molecule has 1 amide bonds. The summed E-state index contributed by atoms with van der Waals surface area (Å²) >= 11 is 0. The first-order valence-corrected chi connectivity index (χ1v) is 11.5. The number of benzene rings is 2. The molecule has 8 heteroatoms. The molecule has 160 valence electrons. The Morgan fingerprint density at radius 3 is 2.55 bits per heavy atom. The number of fused-ring (bicyclic) bond motifs is 1. The molecule has 1 aliphatic heterocycles. The second kappa shape index (κ2) is 8.95. The lowest BCUT2D eigenvalue weighted by Crippen LogP contribution is -2.36. The van der Waals surface area contributed by atoms with Gasteiger partial charge in [-0.25, -0.2) is 12.8 Å². The van der Waals surface area contributed by atoms with E-state index in [2.05, 4.69) is 4.98 Å². The first-order valence-electron chi connectivity index (χ1n) is 10.0. The van der Waals surface area contributed by atoms with Crippen LogP contribution in [0.4, 0.5) is 4.39 Å². The van der Waals surface area contributed by atoms with Crippen molar-refractivity contribution in [1.29, 1.82) is 0 Å². The van der Waals surface area contributed by atoms with Gasteiger partial charge in [-0.3, -0.25) is 9.78 Å². The molecule has 1 aliphatic rings. The molecule has 0 radical (unpaired) electrons. The van der Waals surface area contributed by atoms with E-state index in [0.717, 1.165) is 28.6 Å². The fourth-order valence-corrected chi connectivity index (χ4v) is 5.11. The third-order valence-electron chi connectivity index (χ3n) is 5.29. The van der Waals surface area contributed by atoms with Crippen molar-refractivity contribution in [3.05, 3.63) is 78.3 Å². The maximum absolute atomic E-state index is 13.1. The molecule has 1 aromatic heterocycles. The molecule has 1 saturated heterocycles. The smallest absolute Gasteiger partial charge is 0.246 e. The lowest BCUT2D eigenvalue weighted by Gasteiger charge is -2.21. The highest BCUT2D eigenvalue weighted by Crippen LogP contribution is 2.19. The van der Waals surface area contributed by atoms with Crippen molar-refractivity contribution in [2.45, 2.75) is 11.3 Å². The van der Waals surface area contributed by atoms with Crippen molar-refractivity contribution in [2.75, 3.05) is 26.2 Å². The number of sulfonamides is 1. The molecule has 1 fully saturated rings. The van der Waals surface area contributed by atoms with E-state index in [1.165, 1.54) is 22.5 Å². The van der Waals surface area contributed by atoms with E-state index in [0.29, 0.717) is 19.5 Å². The van der Waals surface area contributed by atoms with Crippen LogP contribution in [0.1, 0.15) is 12.0 Å². The van der Waals surface area contributed by atoms with Gasteiger partial charge in [-0.2, -0.15) is 4.31 Å². The van der Waals surface area contributed by atoms with Crippen LogP contribution in [0.15, 0.2) is 71.8 Å². The Hall–Kier alpha value is -3.10. The number of hydrogen-bond acceptors (Lipinski definition) is 4. The Kier molecular flexibility index (Phi) is 6.11. The number of rotatable bonds is 4. The van der Waals surface area contributed by atoms with Gasteiger partial charge in [0.2, 0.25) is 15.9 Å². The number of amides is 1. The molecule has 6 nitrogen and oxygen atoms in total. The van der Waals surface area contributed by atoms with Gasteiger partial charge in [-0.1, -0.05) is 24.3 Å². The number of aromatic nitrogens is 1. The van der Waals surface area contributed by atoms with E-state index in [-0.39, 0.29) is 23.9 Å². The van der Waals surface area contributed by atoms with E-state index < -0.39 is 15.8 Å². The molecule has 0 aliphatic carbocycles. The molecule has 0 spiro atoms. The van der Waals surface area contributed by atoms with Gasteiger partial charge < -0.3 is 4.90 Å². The predicted octanol–water partition coefficient (Wildman–Crippen LogP) is 3.31. The summed E-state index contributed by atoms with van der Waals surface area (Å²) in [6, 6.07) is 14.4. The molecule has 0 N–H and O–H groups in total. The Morgan fingerprint density at radius 2 is 1.74 bits per heavy atom. The Labute approximate surface area is 180 Å². The largest absolute Gasteiger partial charge is 0.338 e. The van der Waals surface area contributed by atoms with E-state index in [1.807, 2.05) is 30.3 Å². The van der Waals surface area contributed by atoms with Crippen LogP contribution < -0.4 is 0 Å². The summed E-state index contributed by atoms with van der Waals surface area (Å²) in [7, 11) is -3.73. The van der Waals surface area contributed by atoms with Crippen LogP contribution in [0.5, 0.6) is 0 Å². The average Bonchev–Trinajstić information content (AvgIpc) is 3.05. The molecule has 2 heterocycles. The minimum absolute atomic E-state index is 0.0528. The fourth-order valence-electron chi connectivity index (χ4n) is 3.64. The van der Waals surface area contributed by atoms with Crippen molar-refractivity contribution in [3.8, 4) is 0 Å². The van der Waals surface area contributed by atoms with E-state index in [4.69, 9.17) is 0 Å². The van der Waals surface area contributed by atoms with Crippen molar-refractivity contribution >= 4 is 32.9 Å². The highest BCUT2D eigenvalue weighted by molar-refractivity contribution is 7.89. The van der Waals surface area contributed by atoms with Gasteiger partial charge in [-0.05, 0) is 42.8 Å². The molecule has 4 rings (SSSR count). The third kappa shape index (κ3) is 4.65. The normalized spacial score (nSPS) is 16.0. The first-order chi connectivity index (χ1) is 14.9. The van der Waals surface area contributed by atoms with Crippen LogP contribution >= 0.6 is 0 Å². The quantitative estimate of drug-likeness (QED) is 0.585. The van der Waals surface area contributed by atoms with Crippen LogP contribution in [0.25, 0.3) is 17.0 Å². The van der Waals surface area contributed by atoms with Gasteiger partial charge in [0.25, 0.3) is 0 Å². The summed E-state index contributed by atoms with van der Waals surface area (Å²) < 4.78 is 40.2. The van der Waals surface area contributed by atoms with Gasteiger partial charge in [-0.15, -0.1) is 0 Å². The van der Waals surface area contributed by atoms with Crippen LogP contribution in [0, 0.1) is 5.82 Å². The SMILES string of the molecule is O=C(/C=C/c1cccc2cccnc12)N1CCCN(S(=O)(=O)c2ccc(F)cc2)CC1. The van der Waals surface area contributed by atoms with E-state index in [9.17, 15) is 17.6 Å². The maximum Gasteiger partial charge on any atom is 0.246 e. The van der Waals surface area contributed by atoms with Gasteiger partial charge in [0.1, 0.15) is 5.82 Å². The van der Waals surface area contributed by atoms with Crippen molar-refractivity contribution in [3.63, 3.8) is 0 Å². The molecular weight excluding hydrogens is 417 g/mol. The number of nitrogens with zero attached hydrogens (tertiary/aromatic N) is 3. The van der Waals surface area contributed by atoms with Crippen LogP contribution in [0.3, 0.4) is 0 Å². The number of carbonyl (C=O) groups is 1. The van der Waals surface area contributed by atoms with E-state index >= 15 is 0 Å². The summed E-state index contributed by atoms with van der Waals surface area (Å²) in [5.41, 5.74) is 1.67. The number of hydrogen-bond donors (Lipinski definition) is 0. The fraction of sp³-hybridized carbons (Fsp3) is 0.217. The minimum Gasteiger partial charge on any atom is -0.338 e. The minimum atomic E-state index is -3.73. The maximum atomic E-state index is 13.1. The molecule has 0 atom stereocenters. The summed E-state index contributed by atoms with van der Waals surface area (Å²) in [6.45, 7) is 1.25. The summed E-state index contributed by atoms with van der Waals surface area (Å²) in [4.78, 5) is 18.8. The topological polar surface area (TPSA) is 70.6 Å². The zero-order valence-electron chi connectivity index (χ0n) is 16.8. The van der Waals surface area contributed by atoms with Crippen LogP contribution in [-0.4, -0.2) is 54.7 Å². The molecule has 0 bridgehead atoms. The second-order valence-electron chi connectivity index (χ2n) is 7.29. The van der Waals surface area contributed by atoms with E-state index in [1.54, 1.807) is 17.2 Å². The Balaban J connectivity index is 1.45. The van der Waals surface area contributed by atoms with Gasteiger partial charge in [0, 0.05) is 49.4 Å². The molecule has 2 aromatic carbocycles. The molecule has 3 aromatic rings. The summed E-state index contributed by atoms with van der Waals surface area (Å²) in [6.07, 6.45) is 5.49. The standard InChI is InChI=1S/C23H22FN3O3S/c24-20-8-10-21(11-9-20)31(29,30)27-15-3-14-26(16-17-27)22(28)12-7-19-5-1-4-18-6-2-13-25-23(18)19/h1-2,4-13H,3,14-17H2/b12-7+. The van der Waals surface area contributed by atoms with Crippen molar-refractivity contribution < 1.29 is 17.6 Å². The first kappa shape index (κ1) is 21.1. The average molecular weight is 440 g/mol. The van der Waals surface area contributed by atoms with Gasteiger partial charge in [0.05, 0.1) is 10.4 Å². The van der Waals surface area contributed by atoms with Crippen LogP contribution in [0.2, 0.25) is 0 Å². The summed E-state index contributed by atoms with van der Waals surface area (Å²) in [5, 5.41) is 0.994.